The zero-order chi connectivity index (χ0) is 15.3. The number of nitrogens with two attached hydrogens (primary N) is 1. The fourth-order valence-electron chi connectivity index (χ4n) is 1.44. The smallest absolute Gasteiger partial charge is 0.431 e. The van der Waals surface area contributed by atoms with Gasteiger partial charge < -0.3 is 21.1 Å². The van der Waals surface area contributed by atoms with Crippen molar-refractivity contribution in [2.24, 2.45) is 5.73 Å². The minimum atomic E-state index is -4.53. The Hall–Kier alpha value is -2.03. The normalized spacial score (nSPS) is 13.0. The third-order valence-corrected chi connectivity index (χ3v) is 2.53. The molecular weight excluding hydrogens is 279 g/mol. The van der Waals surface area contributed by atoms with Gasteiger partial charge in [0.25, 0.3) is 5.91 Å². The van der Waals surface area contributed by atoms with Crippen LogP contribution >= 0.6 is 0 Å². The molecule has 0 spiro atoms. The van der Waals surface area contributed by atoms with E-state index in [9.17, 15) is 22.8 Å². The summed E-state index contributed by atoms with van der Waals surface area (Å²) in [5.74, 6) is -1.83. The number of carboxylic acids is 1. The van der Waals surface area contributed by atoms with Crippen LogP contribution in [0.4, 0.5) is 13.2 Å². The Labute approximate surface area is 112 Å². The molecule has 5 N–H and O–H groups in total. The van der Waals surface area contributed by atoms with E-state index in [1.54, 1.807) is 0 Å². The molecule has 0 radical (unpaired) electrons. The van der Waals surface area contributed by atoms with Crippen molar-refractivity contribution in [1.29, 1.82) is 0 Å². The van der Waals surface area contributed by atoms with E-state index in [1.807, 2.05) is 4.98 Å². The van der Waals surface area contributed by atoms with E-state index < -0.39 is 29.8 Å². The Balaban J connectivity index is 2.40. The zero-order valence-corrected chi connectivity index (χ0v) is 10.3. The number of nitrogens with one attached hydrogen (secondary N) is 2. The van der Waals surface area contributed by atoms with Gasteiger partial charge in [0, 0.05) is 6.54 Å². The first-order valence-corrected chi connectivity index (χ1v) is 5.74. The largest absolute Gasteiger partial charge is 0.480 e. The lowest BCUT2D eigenvalue weighted by Gasteiger charge is -2.07. The average Bonchev–Trinajstić information content (AvgIpc) is 2.83. The van der Waals surface area contributed by atoms with E-state index in [0.29, 0.717) is 6.42 Å². The molecule has 1 aromatic rings. The molecule has 0 aliphatic heterocycles. The first-order chi connectivity index (χ1) is 9.21. The van der Waals surface area contributed by atoms with E-state index in [0.717, 1.165) is 12.1 Å². The maximum absolute atomic E-state index is 12.3. The Bertz CT molecular complexity index is 485. The highest BCUT2D eigenvalue weighted by Crippen LogP contribution is 2.28. The second-order valence-corrected chi connectivity index (χ2v) is 4.13. The summed E-state index contributed by atoms with van der Waals surface area (Å²) < 4.78 is 36.9. The molecule has 1 atom stereocenters. The number of rotatable bonds is 6. The van der Waals surface area contributed by atoms with Crippen molar-refractivity contribution in [3.8, 4) is 0 Å². The van der Waals surface area contributed by atoms with Gasteiger partial charge in [-0.15, -0.1) is 0 Å². The molecule has 112 valence electrons. The first kappa shape index (κ1) is 16.0. The van der Waals surface area contributed by atoms with Gasteiger partial charge in [0.15, 0.2) is 0 Å². The van der Waals surface area contributed by atoms with Gasteiger partial charge in [-0.25, -0.2) is 0 Å². The maximum Gasteiger partial charge on any atom is 0.431 e. The van der Waals surface area contributed by atoms with Gasteiger partial charge in [0.05, 0.1) is 0 Å². The number of H-pyrrole nitrogens is 1. The lowest BCUT2D eigenvalue weighted by Crippen LogP contribution is -2.32. The van der Waals surface area contributed by atoms with Crippen LogP contribution in [-0.4, -0.2) is 34.6 Å². The van der Waals surface area contributed by atoms with Crippen molar-refractivity contribution in [1.82, 2.24) is 10.3 Å². The van der Waals surface area contributed by atoms with E-state index in [4.69, 9.17) is 10.8 Å². The summed E-state index contributed by atoms with van der Waals surface area (Å²) in [5, 5.41) is 10.9. The lowest BCUT2D eigenvalue weighted by molar-refractivity contribution is -0.141. The second-order valence-electron chi connectivity index (χ2n) is 4.13. The highest BCUT2D eigenvalue weighted by molar-refractivity contribution is 5.92. The molecule has 1 heterocycles. The van der Waals surface area contributed by atoms with E-state index in [-0.39, 0.29) is 18.7 Å². The number of hydrogen-bond donors (Lipinski definition) is 4. The van der Waals surface area contributed by atoms with E-state index in [2.05, 4.69) is 5.32 Å². The highest BCUT2D eigenvalue weighted by Gasteiger charge is 2.32. The molecule has 0 aromatic carbocycles. The number of amides is 1. The monoisotopic (exact) mass is 293 g/mol. The molecule has 1 amide bonds. The number of alkyl halides is 3. The van der Waals surface area contributed by atoms with Crippen LogP contribution in [-0.2, 0) is 11.0 Å². The number of aromatic nitrogens is 1. The van der Waals surface area contributed by atoms with Gasteiger partial charge in [-0.1, -0.05) is 0 Å². The molecule has 6 nitrogen and oxygen atoms in total. The Kier molecular flexibility index (Phi) is 5.14. The number of halogens is 3. The van der Waals surface area contributed by atoms with Crippen LogP contribution in [0.15, 0.2) is 12.1 Å². The van der Waals surface area contributed by atoms with Crippen molar-refractivity contribution in [2.75, 3.05) is 6.54 Å². The standard InChI is InChI=1S/C11H14F3N3O3/c12-11(13,14)8-4-3-7(17-8)9(18)16-5-1-2-6(15)10(19)20/h3-4,6,17H,1-2,5,15H2,(H,16,18)(H,19,20)/t6-/m0/s1. The summed E-state index contributed by atoms with van der Waals surface area (Å²) in [5.41, 5.74) is 4.04. The summed E-state index contributed by atoms with van der Waals surface area (Å²) in [6, 6.07) is 0.783. The average molecular weight is 293 g/mol. The number of aliphatic carboxylic acids is 1. The summed E-state index contributed by atoms with van der Waals surface area (Å²) in [6.07, 6.45) is -4.06. The summed E-state index contributed by atoms with van der Waals surface area (Å²) >= 11 is 0. The molecule has 20 heavy (non-hydrogen) atoms. The van der Waals surface area contributed by atoms with E-state index in [1.165, 1.54) is 0 Å². The van der Waals surface area contributed by atoms with Crippen LogP contribution in [0, 0.1) is 0 Å². The van der Waals surface area contributed by atoms with Gasteiger partial charge >= 0.3 is 12.1 Å². The molecule has 0 aliphatic carbocycles. The van der Waals surface area contributed by atoms with Crippen LogP contribution in [0.1, 0.15) is 29.0 Å². The molecule has 0 fully saturated rings. The summed E-state index contributed by atoms with van der Waals surface area (Å²) in [6.45, 7) is 0.125. The van der Waals surface area contributed by atoms with Gasteiger partial charge in [0.1, 0.15) is 17.4 Å². The molecule has 0 bridgehead atoms. The lowest BCUT2D eigenvalue weighted by atomic mass is 10.2. The SMILES string of the molecule is N[C@@H](CCCNC(=O)c1ccc(C(F)(F)F)[nH]1)C(=O)O. The number of carbonyl (C=O) groups is 2. The molecule has 0 saturated carbocycles. The minimum Gasteiger partial charge on any atom is -0.480 e. The van der Waals surface area contributed by atoms with Crippen LogP contribution in [0.5, 0.6) is 0 Å². The van der Waals surface area contributed by atoms with Crippen molar-refractivity contribution in [3.63, 3.8) is 0 Å². The number of carbonyl (C=O) groups excluding carboxylic acids is 1. The fraction of sp³-hybridized carbons (Fsp3) is 0.455. The summed E-state index contributed by atoms with van der Waals surface area (Å²) in [4.78, 5) is 23.9. The highest BCUT2D eigenvalue weighted by atomic mass is 19.4. The third-order valence-electron chi connectivity index (χ3n) is 2.53. The molecule has 1 rings (SSSR count). The fourth-order valence-corrected chi connectivity index (χ4v) is 1.44. The molecule has 0 saturated heterocycles. The molecule has 9 heteroatoms. The topological polar surface area (TPSA) is 108 Å². The van der Waals surface area contributed by atoms with Gasteiger partial charge in [-0.2, -0.15) is 13.2 Å². The zero-order valence-electron chi connectivity index (χ0n) is 10.3. The molecular formula is C11H14F3N3O3. The number of carboxylic acid groups (broad SMARTS) is 1. The Morgan fingerprint density at radius 3 is 2.55 bits per heavy atom. The number of aromatic amines is 1. The maximum atomic E-state index is 12.3. The van der Waals surface area contributed by atoms with Crippen molar-refractivity contribution >= 4 is 11.9 Å². The van der Waals surface area contributed by atoms with Gasteiger partial charge in [0.2, 0.25) is 0 Å². The van der Waals surface area contributed by atoms with Crippen LogP contribution in [0.25, 0.3) is 0 Å². The van der Waals surface area contributed by atoms with Crippen molar-refractivity contribution < 1.29 is 27.9 Å². The quantitative estimate of drug-likeness (QED) is 0.586. The second kappa shape index (κ2) is 6.42. The summed E-state index contributed by atoms with van der Waals surface area (Å²) in [7, 11) is 0. The minimum absolute atomic E-state index is 0.125. The molecule has 0 unspecified atom stereocenters. The predicted octanol–water partition coefficient (Wildman–Crippen LogP) is 0.955. The predicted molar refractivity (Wildman–Crippen MR) is 63.0 cm³/mol. The third kappa shape index (κ3) is 4.57. The van der Waals surface area contributed by atoms with Crippen molar-refractivity contribution in [3.05, 3.63) is 23.5 Å². The number of hydrogen-bond acceptors (Lipinski definition) is 3. The van der Waals surface area contributed by atoms with Crippen LogP contribution in [0.2, 0.25) is 0 Å². The van der Waals surface area contributed by atoms with Gasteiger partial charge in [-0.05, 0) is 25.0 Å². The van der Waals surface area contributed by atoms with Crippen molar-refractivity contribution in [2.45, 2.75) is 25.1 Å². The Morgan fingerprint density at radius 2 is 2.05 bits per heavy atom. The first-order valence-electron chi connectivity index (χ1n) is 5.74. The van der Waals surface area contributed by atoms with Crippen LogP contribution in [0.3, 0.4) is 0 Å². The van der Waals surface area contributed by atoms with E-state index >= 15 is 0 Å². The van der Waals surface area contributed by atoms with Crippen LogP contribution < -0.4 is 11.1 Å². The molecule has 1 aromatic heterocycles. The Morgan fingerprint density at radius 1 is 1.40 bits per heavy atom. The van der Waals surface area contributed by atoms with Gasteiger partial charge in [-0.3, -0.25) is 9.59 Å². The molecule has 0 aliphatic rings.